The first-order valence-electron chi connectivity index (χ1n) is 9.24. The number of aromatic amines is 8. The molecule has 0 unspecified atom stereocenters. The minimum Gasteiger partial charge on any atom is -0.250 e. The number of imidazole rings is 4. The van der Waals surface area contributed by atoms with Gasteiger partial charge in [-0.25, -0.2) is 0 Å². The predicted molar refractivity (Wildman–Crippen MR) is 123 cm³/mol. The molecule has 0 bridgehead atoms. The van der Waals surface area contributed by atoms with Crippen molar-refractivity contribution in [2.75, 3.05) is 0 Å². The second-order valence-electron chi connectivity index (χ2n) is 5.08. The van der Waals surface area contributed by atoms with Crippen LogP contribution in [0.5, 0.6) is 0 Å². The maximum Gasteiger partial charge on any atom is 0.239 e. The van der Waals surface area contributed by atoms with E-state index in [1.807, 2.05) is 49.6 Å². The Hall–Kier alpha value is 3.64. The van der Waals surface area contributed by atoms with Crippen LogP contribution in [0.1, 0.15) is 0 Å². The van der Waals surface area contributed by atoms with Crippen molar-refractivity contribution in [3.8, 4) is 0 Å². The van der Waals surface area contributed by atoms with Gasteiger partial charge >= 0.3 is 152 Å². The van der Waals surface area contributed by atoms with E-state index in [-0.39, 0.29) is 242 Å². The summed E-state index contributed by atoms with van der Waals surface area (Å²) in [5, 5.41) is 0. The molecule has 6 heterocycles. The molecule has 0 aliphatic carbocycles. The Morgan fingerprint density at radius 1 is 0.270 bits per heavy atom. The average Bonchev–Trinajstić information content (AvgIpc) is 3.72. The largest absolute Gasteiger partial charge is 0.250 e. The van der Waals surface area contributed by atoms with Crippen LogP contribution >= 0.6 is 0 Å². The van der Waals surface area contributed by atoms with E-state index in [1.165, 1.54) is 0 Å². The van der Waals surface area contributed by atoms with Crippen molar-refractivity contribution in [2.45, 2.75) is 0 Å². The minimum atomic E-state index is -3.14. The van der Waals surface area contributed by atoms with Gasteiger partial charge in [0.25, 0.3) is 0 Å². The molecule has 0 spiro atoms. The van der Waals surface area contributed by atoms with E-state index < -0.39 is 94.1 Å². The Morgan fingerprint density at radius 3 is 0.429 bits per heavy atom. The van der Waals surface area contributed by atoms with Crippen LogP contribution in [-0.2, 0) is 258 Å². The Morgan fingerprint density at radius 2 is 0.381 bits per heavy atom. The van der Waals surface area contributed by atoms with Gasteiger partial charge in [0.1, 0.15) is 49.6 Å². The number of nitrogens with one attached hydrogen (secondary N) is 8. The van der Waals surface area contributed by atoms with E-state index in [2.05, 4.69) is 56.2 Å². The van der Waals surface area contributed by atoms with E-state index in [9.17, 15) is 24.6 Å². The summed E-state index contributed by atoms with van der Waals surface area (Å²) in [4.78, 5) is 22.4. The zero-order valence-electron chi connectivity index (χ0n) is 28.6. The standard InChI is InChI=1S/4C3H4N2.2As3O6.Cu.6Mo.18O/c4*1-2-5-3-4-1;2*4-1-7-2(5)9-3(6)8-1;;;;;;;;;;;;;;;;;;;;;;;;;/h4*1-3H,(H,4,5);;;;;;;;;;;;;;;;;;;;;;;;;;;/q;;;;2*-3;+2;;;;;;;18*-2/p+4. The molecule has 0 saturated carbocycles. The van der Waals surface area contributed by atoms with Gasteiger partial charge in [-0.05, 0) is 0 Å². The van der Waals surface area contributed by atoms with Gasteiger partial charge in [-0.15, -0.1) is 0 Å². The van der Waals surface area contributed by atoms with Crippen molar-refractivity contribution in [3.63, 3.8) is 0 Å². The molecule has 2 aliphatic rings. The van der Waals surface area contributed by atoms with E-state index in [4.69, 9.17) is 0 Å². The summed E-state index contributed by atoms with van der Waals surface area (Å²) in [5.41, 5.74) is 0. The Bertz CT molecular complexity index is 746. The Labute approximate surface area is 485 Å². The smallest absolute Gasteiger partial charge is 0.239 e. The molecule has 2 fully saturated rings. The average molecular weight is 1850 g/mol. The molecule has 401 valence electrons. The molecular weight excluding hydrogens is 1820 g/mol. The fraction of sp³-hybridized carbons (Fsp3) is 0. The third-order valence-electron chi connectivity index (χ3n) is 2.57. The molecule has 8 N–H and O–H groups in total. The molecule has 0 aromatic carbocycles. The molecule has 2 saturated heterocycles. The summed E-state index contributed by atoms with van der Waals surface area (Å²) in [5.74, 6) is 0. The number of H-pyrrole nitrogens is 8. The summed E-state index contributed by atoms with van der Waals surface area (Å²) in [6.45, 7) is 0. The second-order valence-corrected chi connectivity index (χ2v) is 23.4. The zero-order valence-corrected chi connectivity index (χ0v) is 52.9. The van der Waals surface area contributed by atoms with Crippen LogP contribution in [0, 0.1) is 0 Å². The molecule has 63 heavy (non-hydrogen) atoms. The minimum absolute atomic E-state index is 0. The van der Waals surface area contributed by atoms with Crippen molar-refractivity contribution in [1.29, 1.82) is 0 Å². The number of rotatable bonds is 0. The normalized spacial score (nSPS) is 15.4. The molecule has 4 aromatic heterocycles. The van der Waals surface area contributed by atoms with Crippen LogP contribution in [0.15, 0.2) is 74.9 Å². The van der Waals surface area contributed by atoms with Crippen LogP contribution in [0.4, 0.5) is 0 Å². The quantitative estimate of drug-likeness (QED) is 0.119. The molecule has 0 atom stereocenters. The molecule has 1 radical (unpaired) electrons. The fourth-order valence-electron chi connectivity index (χ4n) is 1.38. The topological polar surface area (TPSA) is 826 Å². The van der Waals surface area contributed by atoms with Crippen LogP contribution in [0.25, 0.3) is 0 Å². The maximum atomic E-state index is 10.3. The summed E-state index contributed by atoms with van der Waals surface area (Å²) in [6, 6.07) is 0. The van der Waals surface area contributed by atoms with Gasteiger partial charge in [0, 0.05) is 126 Å². The molecule has 6 rings (SSSR count). The number of hydrogen-bond acceptors (Lipinski definition) is 12. The van der Waals surface area contributed by atoms with Gasteiger partial charge < -0.3 is 98.6 Å². The summed E-state index contributed by atoms with van der Waals surface area (Å²) in [6.07, 6.45) is 21.6. The van der Waals surface area contributed by atoms with Gasteiger partial charge in [-0.2, -0.15) is 0 Å². The van der Waals surface area contributed by atoms with Crippen molar-refractivity contribution in [2.24, 2.45) is 0 Å². The van der Waals surface area contributed by atoms with Crippen molar-refractivity contribution in [3.05, 3.63) is 74.9 Å². The Kier molecular flexibility index (Phi) is 318. The molecule has 2 aliphatic heterocycles. The van der Waals surface area contributed by atoms with Gasteiger partial charge in [0.15, 0.2) is 0 Å². The van der Waals surface area contributed by atoms with Crippen LogP contribution in [0.3, 0.4) is 0 Å². The molecule has 38 nitrogen and oxygen atoms in total. The van der Waals surface area contributed by atoms with E-state index in [1.54, 1.807) is 25.3 Å². The van der Waals surface area contributed by atoms with Gasteiger partial charge in [0.2, 0.25) is 25.3 Å². The van der Waals surface area contributed by atoms with Crippen LogP contribution in [-0.4, -0.2) is 114 Å². The van der Waals surface area contributed by atoms with Crippen LogP contribution < -0.4 is 44.5 Å². The Balaban J connectivity index is -0.0000000112. The summed E-state index contributed by atoms with van der Waals surface area (Å²) in [7, 11) is 0. The summed E-state index contributed by atoms with van der Waals surface area (Å²) >= 11 is -18.8. The fourth-order valence-corrected chi connectivity index (χ4v) is 22.3. The third-order valence-corrected chi connectivity index (χ3v) is 23.4. The van der Waals surface area contributed by atoms with Gasteiger partial charge in [0.05, 0.1) is 0 Å². The van der Waals surface area contributed by atoms with Gasteiger partial charge in [-0.1, -0.05) is 0 Å². The third kappa shape index (κ3) is 117. The maximum absolute atomic E-state index is 10.3. The molecule has 4 aromatic rings. The predicted octanol–water partition coefficient (Wildman–Crippen LogP) is -12.7. The first-order valence-corrected chi connectivity index (χ1v) is 23.0. The van der Waals surface area contributed by atoms with Crippen molar-refractivity contribution >= 4 is 94.1 Å². The molecule has 51 heteroatoms. The monoisotopic (exact) mass is 1860 g/mol. The number of hydrogen-bond donors (Lipinski definition) is 4. The molecule has 0 amide bonds. The van der Waals surface area contributed by atoms with Crippen LogP contribution in [0.2, 0.25) is 0 Å². The summed E-state index contributed by atoms with van der Waals surface area (Å²) < 4.78 is 86.3. The zero-order chi connectivity index (χ0) is 27.8. The first kappa shape index (κ1) is 166. The van der Waals surface area contributed by atoms with Crippen molar-refractivity contribution < 1.29 is 303 Å². The molecular formula is C12H20As6CuMo6N8O30-36. The van der Waals surface area contributed by atoms with E-state index in [0.29, 0.717) is 0 Å². The second kappa shape index (κ2) is 121. The van der Waals surface area contributed by atoms with E-state index in [0.717, 1.165) is 0 Å². The van der Waals surface area contributed by atoms with Crippen molar-refractivity contribution in [1.82, 2.24) is 19.9 Å². The van der Waals surface area contributed by atoms with E-state index >= 15 is 0 Å². The first-order chi connectivity index (χ1) is 18.4. The number of aromatic nitrogens is 8. The van der Waals surface area contributed by atoms with Gasteiger partial charge in [-0.3, -0.25) is 39.9 Å². The SMILES string of the molecule is [Cu+2].[Mo].[Mo].[Mo].[Mo].[Mo].[Mo].[O-2].[O-2].[O-2].[O-2].[O-2].[O-2].[O-2].[O-2].[O-2].[O-2].[O-2].[O-2].[O-2].[O-2].[O-2].[O-2].[O-2].[O-2].[O-][As]1O[As]([O-])O[As]([O-])O1.[O-][As]1O[As]([O-])O[As]([O-])O1.c1c[nH+]c[nH]1.c1c[nH+]c[nH]1.c1c[nH+]c[nH]1.c1c[nH+]c[nH]1.